The normalized spacial score (nSPS) is 16.4. The number of anilines is 1. The fourth-order valence-corrected chi connectivity index (χ4v) is 4.25. The predicted octanol–water partition coefficient (Wildman–Crippen LogP) is 5.32. The van der Waals surface area contributed by atoms with E-state index in [1.165, 1.54) is 26.0 Å². The first-order valence-electron chi connectivity index (χ1n) is 11.9. The largest absolute Gasteiger partial charge is 0.420 e. The first kappa shape index (κ1) is 30.9. The van der Waals surface area contributed by atoms with Crippen molar-refractivity contribution < 1.29 is 45.4 Å². The quantitative estimate of drug-likeness (QED) is 0.344. The second-order valence-electron chi connectivity index (χ2n) is 9.69. The molecule has 14 heteroatoms. The van der Waals surface area contributed by atoms with Crippen LogP contribution in [0.15, 0.2) is 47.6 Å². The highest BCUT2D eigenvalue weighted by Gasteiger charge is 2.42. The number of likely N-dealkylation sites (N-methyl/N-ethyl adjacent to an activating group) is 1. The fourth-order valence-electron chi connectivity index (χ4n) is 4.25. The highest BCUT2D eigenvalue weighted by Crippen LogP contribution is 2.44. The molecule has 0 unspecified atom stereocenters. The lowest BCUT2D eigenvalue weighted by Gasteiger charge is -2.43. The first-order chi connectivity index (χ1) is 18.4. The standard InChI is InChI=1S/C26H27F7N4O3/c1-15(2)37(19-6-4-18(27)5-7-19)23(38)40-22-20(8-17(25(28,29)30)9-21(22)26(31,32)33)16(10-34)11-35-12-24(39)13-36(3)14-24/h4-11,15,39H,12-14,34H2,1-3H3. The van der Waals surface area contributed by atoms with Crippen molar-refractivity contribution in [1.29, 1.82) is 0 Å². The van der Waals surface area contributed by atoms with Crippen LogP contribution in [0.3, 0.4) is 0 Å². The molecular formula is C26H27F7N4O3. The van der Waals surface area contributed by atoms with Gasteiger partial charge in [0, 0.05) is 48.4 Å². The smallest absolute Gasteiger partial charge is 0.409 e. The van der Waals surface area contributed by atoms with Gasteiger partial charge in [-0.05, 0) is 57.3 Å². The lowest BCUT2D eigenvalue weighted by Crippen LogP contribution is -2.61. The van der Waals surface area contributed by atoms with Crippen LogP contribution < -0.4 is 15.4 Å². The lowest BCUT2D eigenvalue weighted by molar-refractivity contribution is -0.143. The minimum absolute atomic E-state index is 0.0679. The number of ether oxygens (including phenoxy) is 1. The molecule has 0 atom stereocenters. The molecule has 1 amide bonds. The van der Waals surface area contributed by atoms with Crippen LogP contribution in [0.25, 0.3) is 5.57 Å². The molecule has 0 bridgehead atoms. The number of aliphatic hydroxyl groups is 1. The molecule has 2 aromatic carbocycles. The molecule has 3 rings (SSSR count). The third-order valence-electron chi connectivity index (χ3n) is 5.96. The number of halogens is 7. The molecule has 3 N–H and O–H groups in total. The molecule has 218 valence electrons. The van der Waals surface area contributed by atoms with Crippen molar-refractivity contribution in [3.63, 3.8) is 0 Å². The highest BCUT2D eigenvalue weighted by atomic mass is 19.4. The van der Waals surface area contributed by atoms with Crippen molar-refractivity contribution in [1.82, 2.24) is 4.90 Å². The number of nitrogens with two attached hydrogens (primary N) is 1. The molecule has 7 nitrogen and oxygen atoms in total. The van der Waals surface area contributed by atoms with Crippen LogP contribution >= 0.6 is 0 Å². The summed E-state index contributed by atoms with van der Waals surface area (Å²) in [6.45, 7) is 3.31. The Kier molecular flexibility index (Phi) is 8.84. The number of hydrogen-bond donors (Lipinski definition) is 2. The van der Waals surface area contributed by atoms with Crippen LogP contribution in [-0.2, 0) is 12.4 Å². The molecule has 0 aliphatic carbocycles. The maximum Gasteiger partial charge on any atom is 0.420 e. The summed E-state index contributed by atoms with van der Waals surface area (Å²) in [5.41, 5.74) is -0.341. The molecule has 1 aliphatic heterocycles. The Morgan fingerprint density at radius 1 is 1.15 bits per heavy atom. The van der Waals surface area contributed by atoms with Crippen LogP contribution in [0.5, 0.6) is 5.75 Å². The van der Waals surface area contributed by atoms with E-state index in [-0.39, 0.29) is 31.4 Å². The Morgan fingerprint density at radius 3 is 2.23 bits per heavy atom. The van der Waals surface area contributed by atoms with Gasteiger partial charge in [0.15, 0.2) is 5.75 Å². The van der Waals surface area contributed by atoms with E-state index in [0.717, 1.165) is 23.2 Å². The van der Waals surface area contributed by atoms with Gasteiger partial charge in [0.1, 0.15) is 11.4 Å². The molecule has 1 heterocycles. The van der Waals surface area contributed by atoms with Crippen LogP contribution in [0.1, 0.15) is 30.5 Å². The summed E-state index contributed by atoms with van der Waals surface area (Å²) in [5.74, 6) is -1.87. The van der Waals surface area contributed by atoms with Crippen molar-refractivity contribution in [2.45, 2.75) is 37.8 Å². The molecule has 0 spiro atoms. The zero-order valence-corrected chi connectivity index (χ0v) is 21.6. The zero-order chi connectivity index (χ0) is 30.0. The number of alkyl halides is 6. The van der Waals surface area contributed by atoms with Gasteiger partial charge in [0.25, 0.3) is 0 Å². The van der Waals surface area contributed by atoms with Gasteiger partial charge in [0.2, 0.25) is 0 Å². The van der Waals surface area contributed by atoms with E-state index < -0.39 is 63.9 Å². The number of β-amino-alcohol motifs (C(OH)–C–C–N with tert-alkyl or cyclic N) is 1. The van der Waals surface area contributed by atoms with E-state index in [2.05, 4.69) is 4.99 Å². The molecule has 0 saturated carbocycles. The molecule has 2 aromatic rings. The number of likely N-dealkylation sites (tertiary alicyclic amines) is 1. The van der Waals surface area contributed by atoms with Crippen LogP contribution in [0.2, 0.25) is 0 Å². The fraction of sp³-hybridized carbons (Fsp3) is 0.385. The molecule has 0 radical (unpaired) electrons. The average molecular weight is 577 g/mol. The maximum absolute atomic E-state index is 14.1. The number of carbonyl (C=O) groups excluding carboxylic acids is 1. The number of benzene rings is 2. The molecule has 40 heavy (non-hydrogen) atoms. The van der Waals surface area contributed by atoms with E-state index in [1.54, 1.807) is 11.9 Å². The Hall–Kier alpha value is -3.65. The molecule has 0 aromatic heterocycles. The van der Waals surface area contributed by atoms with E-state index in [4.69, 9.17) is 10.5 Å². The number of amides is 1. The van der Waals surface area contributed by atoms with Crippen molar-refractivity contribution in [3.05, 3.63) is 65.1 Å². The third-order valence-corrected chi connectivity index (χ3v) is 5.96. The minimum Gasteiger partial charge on any atom is -0.409 e. The summed E-state index contributed by atoms with van der Waals surface area (Å²) in [4.78, 5) is 19.8. The number of rotatable bonds is 7. The number of allylic oxidation sites excluding steroid dienone is 1. The molecule has 1 saturated heterocycles. The van der Waals surface area contributed by atoms with Crippen LogP contribution in [-0.4, -0.2) is 60.6 Å². The van der Waals surface area contributed by atoms with Crippen molar-refractivity contribution >= 4 is 23.6 Å². The Labute approximate surface area is 225 Å². The van der Waals surface area contributed by atoms with Gasteiger partial charge in [-0.2, -0.15) is 26.3 Å². The number of aliphatic imine (C=N–C) groups is 1. The van der Waals surface area contributed by atoms with Gasteiger partial charge in [-0.15, -0.1) is 0 Å². The topological polar surface area (TPSA) is 91.4 Å². The van der Waals surface area contributed by atoms with E-state index in [0.29, 0.717) is 12.3 Å². The maximum atomic E-state index is 14.1. The van der Waals surface area contributed by atoms with E-state index in [1.807, 2.05) is 0 Å². The van der Waals surface area contributed by atoms with Gasteiger partial charge < -0.3 is 20.5 Å². The summed E-state index contributed by atoms with van der Waals surface area (Å²) in [5, 5.41) is 10.3. The van der Waals surface area contributed by atoms with E-state index >= 15 is 0 Å². The van der Waals surface area contributed by atoms with Gasteiger partial charge >= 0.3 is 18.4 Å². The molecule has 1 fully saturated rings. The summed E-state index contributed by atoms with van der Waals surface area (Å²) >= 11 is 0. The Balaban J connectivity index is 2.13. The summed E-state index contributed by atoms with van der Waals surface area (Å²) < 4.78 is 102. The average Bonchev–Trinajstić information content (AvgIpc) is 2.81. The minimum atomic E-state index is -5.38. The van der Waals surface area contributed by atoms with Gasteiger partial charge in [-0.3, -0.25) is 9.89 Å². The van der Waals surface area contributed by atoms with Gasteiger partial charge in [-0.25, -0.2) is 9.18 Å². The number of carbonyl (C=O) groups is 1. The molecular weight excluding hydrogens is 549 g/mol. The second kappa shape index (κ2) is 11.5. The second-order valence-corrected chi connectivity index (χ2v) is 9.69. The van der Waals surface area contributed by atoms with Gasteiger partial charge in [0.05, 0.1) is 17.7 Å². The lowest BCUT2D eigenvalue weighted by atomic mass is 9.95. The highest BCUT2D eigenvalue weighted by molar-refractivity contribution is 6.11. The summed E-state index contributed by atoms with van der Waals surface area (Å²) in [7, 11) is 1.73. The Bertz CT molecular complexity index is 1280. The number of hydrogen-bond acceptors (Lipinski definition) is 6. The van der Waals surface area contributed by atoms with Gasteiger partial charge in [-0.1, -0.05) is 0 Å². The van der Waals surface area contributed by atoms with Crippen LogP contribution in [0.4, 0.5) is 41.2 Å². The third kappa shape index (κ3) is 7.10. The zero-order valence-electron chi connectivity index (χ0n) is 21.6. The summed E-state index contributed by atoms with van der Waals surface area (Å²) in [6, 6.07) is 3.90. The Morgan fingerprint density at radius 2 is 1.75 bits per heavy atom. The molecule has 1 aliphatic rings. The number of nitrogens with zero attached hydrogens (tertiary/aromatic N) is 3. The van der Waals surface area contributed by atoms with Crippen molar-refractivity contribution in [3.8, 4) is 5.75 Å². The SMILES string of the molecule is CC(C)N(C(=O)Oc1c(C(C=NCC2(O)CN(C)C2)=CN)cc(C(F)(F)F)cc1C(F)(F)F)c1ccc(F)cc1. The van der Waals surface area contributed by atoms with Crippen molar-refractivity contribution in [2.24, 2.45) is 10.7 Å². The van der Waals surface area contributed by atoms with E-state index in [9.17, 15) is 40.6 Å². The van der Waals surface area contributed by atoms with Crippen LogP contribution in [0, 0.1) is 5.82 Å². The predicted molar refractivity (Wildman–Crippen MR) is 134 cm³/mol. The monoisotopic (exact) mass is 576 g/mol. The van der Waals surface area contributed by atoms with Crippen molar-refractivity contribution in [2.75, 3.05) is 31.6 Å². The summed E-state index contributed by atoms with van der Waals surface area (Å²) in [6.07, 6.45) is -10.3. The first-order valence-corrected chi connectivity index (χ1v) is 11.9.